The van der Waals surface area contributed by atoms with E-state index in [1.807, 2.05) is 60.7 Å². The summed E-state index contributed by atoms with van der Waals surface area (Å²) in [5.74, 6) is -0.340. The molecule has 25 heavy (non-hydrogen) atoms. The molecule has 2 aromatic carbocycles. The van der Waals surface area contributed by atoms with Gasteiger partial charge in [-0.15, -0.1) is 0 Å². The van der Waals surface area contributed by atoms with Gasteiger partial charge in [0.1, 0.15) is 6.17 Å². The molecule has 0 saturated heterocycles. The summed E-state index contributed by atoms with van der Waals surface area (Å²) in [5, 5.41) is 5.76. The van der Waals surface area contributed by atoms with Crippen LogP contribution in [0.2, 0.25) is 0 Å². The lowest BCUT2D eigenvalue weighted by molar-refractivity contribution is -0.117. The van der Waals surface area contributed by atoms with Gasteiger partial charge in [0, 0.05) is 12.6 Å². The quantitative estimate of drug-likeness (QED) is 0.414. The van der Waals surface area contributed by atoms with Crippen LogP contribution in [0, 0.1) is 0 Å². The maximum atomic E-state index is 12.1. The molecule has 3 nitrogen and oxygen atoms in total. The van der Waals surface area contributed by atoms with Gasteiger partial charge in [0.05, 0.1) is 0 Å². The second-order valence-corrected chi connectivity index (χ2v) is 7.79. The molecule has 0 aliphatic carbocycles. The van der Waals surface area contributed by atoms with Gasteiger partial charge < -0.3 is 5.32 Å². The molecule has 0 heterocycles. The van der Waals surface area contributed by atoms with Crippen molar-refractivity contribution in [1.29, 1.82) is 0 Å². The first-order chi connectivity index (χ1) is 11.9. The monoisotopic (exact) mass is 396 g/mol. The topological polar surface area (TPSA) is 41.1 Å². The molecule has 0 aromatic heterocycles. The molecular weight excluding hydrogens is 379 g/mol. The number of halogens is 3. The van der Waals surface area contributed by atoms with Gasteiger partial charge in [0.2, 0.25) is 9.70 Å². The minimum absolute atomic E-state index is 0.340. The van der Waals surface area contributed by atoms with Crippen LogP contribution in [-0.2, 0) is 11.2 Å². The second kappa shape index (κ2) is 9.83. The van der Waals surface area contributed by atoms with Crippen LogP contribution in [0.25, 0.3) is 6.08 Å². The molecule has 0 saturated carbocycles. The minimum Gasteiger partial charge on any atom is -0.333 e. The highest BCUT2D eigenvalue weighted by molar-refractivity contribution is 6.68. The van der Waals surface area contributed by atoms with Crippen LogP contribution < -0.4 is 10.6 Å². The highest BCUT2D eigenvalue weighted by atomic mass is 35.6. The third-order valence-electron chi connectivity index (χ3n) is 3.45. The number of nitrogens with one attached hydrogen (secondary N) is 2. The molecule has 0 aliphatic rings. The van der Waals surface area contributed by atoms with Crippen molar-refractivity contribution in [3.8, 4) is 0 Å². The number of rotatable bonds is 7. The van der Waals surface area contributed by atoms with Crippen molar-refractivity contribution in [2.75, 3.05) is 6.54 Å². The van der Waals surface area contributed by atoms with E-state index in [9.17, 15) is 4.79 Å². The van der Waals surface area contributed by atoms with Crippen LogP contribution in [0.4, 0.5) is 0 Å². The van der Waals surface area contributed by atoms with Crippen LogP contribution >= 0.6 is 34.8 Å². The first kappa shape index (κ1) is 19.8. The average Bonchev–Trinajstić information content (AvgIpc) is 2.60. The number of carbonyl (C=O) groups is 1. The van der Waals surface area contributed by atoms with Gasteiger partial charge in [-0.25, -0.2) is 0 Å². The number of alkyl halides is 3. The molecule has 0 radical (unpaired) electrons. The molecule has 0 bridgehead atoms. The number of benzene rings is 2. The zero-order valence-corrected chi connectivity index (χ0v) is 15.7. The van der Waals surface area contributed by atoms with Crippen molar-refractivity contribution < 1.29 is 4.79 Å². The van der Waals surface area contributed by atoms with Gasteiger partial charge in [0.15, 0.2) is 0 Å². The SMILES string of the molecule is O=C(/C=C\c1ccccc1)NC(NCCc1ccccc1)C(Cl)(Cl)Cl. The predicted molar refractivity (Wildman–Crippen MR) is 106 cm³/mol. The Hall–Kier alpha value is -1.52. The lowest BCUT2D eigenvalue weighted by Gasteiger charge is -2.26. The zero-order valence-electron chi connectivity index (χ0n) is 13.5. The Labute approximate surface area is 163 Å². The van der Waals surface area contributed by atoms with E-state index >= 15 is 0 Å². The molecule has 1 atom stereocenters. The van der Waals surface area contributed by atoms with Gasteiger partial charge >= 0.3 is 0 Å². The molecular formula is C19H19Cl3N2O. The Balaban J connectivity index is 1.89. The van der Waals surface area contributed by atoms with Gasteiger partial charge in [-0.2, -0.15) is 0 Å². The van der Waals surface area contributed by atoms with Gasteiger partial charge in [0.25, 0.3) is 0 Å². The third kappa shape index (κ3) is 7.49. The number of hydrogen-bond donors (Lipinski definition) is 2. The Kier molecular flexibility index (Phi) is 7.79. The van der Waals surface area contributed by atoms with E-state index in [1.54, 1.807) is 6.08 Å². The van der Waals surface area contributed by atoms with Gasteiger partial charge in [-0.3, -0.25) is 10.1 Å². The van der Waals surface area contributed by atoms with Crippen LogP contribution in [-0.4, -0.2) is 22.4 Å². The zero-order chi connectivity index (χ0) is 18.1. The number of amides is 1. The van der Waals surface area contributed by atoms with Crippen LogP contribution in [0.5, 0.6) is 0 Å². The van der Waals surface area contributed by atoms with E-state index in [2.05, 4.69) is 10.6 Å². The minimum atomic E-state index is -1.66. The van der Waals surface area contributed by atoms with Crippen molar-refractivity contribution >= 4 is 46.8 Å². The van der Waals surface area contributed by atoms with E-state index in [4.69, 9.17) is 34.8 Å². The maximum Gasteiger partial charge on any atom is 0.245 e. The smallest absolute Gasteiger partial charge is 0.245 e. The maximum absolute atomic E-state index is 12.1. The van der Waals surface area contributed by atoms with Crippen molar-refractivity contribution in [1.82, 2.24) is 10.6 Å². The van der Waals surface area contributed by atoms with E-state index in [0.717, 1.165) is 17.5 Å². The Morgan fingerprint density at radius 3 is 2.20 bits per heavy atom. The van der Waals surface area contributed by atoms with Gasteiger partial charge in [-0.05, 0) is 23.6 Å². The summed E-state index contributed by atoms with van der Waals surface area (Å²) in [6, 6.07) is 19.4. The van der Waals surface area contributed by atoms with Crippen LogP contribution in [0.15, 0.2) is 66.7 Å². The van der Waals surface area contributed by atoms with Crippen molar-refractivity contribution in [2.24, 2.45) is 0 Å². The fraction of sp³-hybridized carbons (Fsp3) is 0.211. The first-order valence-electron chi connectivity index (χ1n) is 7.83. The van der Waals surface area contributed by atoms with E-state index < -0.39 is 9.96 Å². The molecule has 1 amide bonds. The molecule has 0 fully saturated rings. The van der Waals surface area contributed by atoms with Crippen molar-refractivity contribution in [3.63, 3.8) is 0 Å². The summed E-state index contributed by atoms with van der Waals surface area (Å²) in [4.78, 5) is 12.1. The molecule has 2 rings (SSSR count). The third-order valence-corrected chi connectivity index (χ3v) is 4.10. The van der Waals surface area contributed by atoms with Crippen LogP contribution in [0.1, 0.15) is 11.1 Å². The normalized spacial score (nSPS) is 12.9. The van der Waals surface area contributed by atoms with Crippen LogP contribution in [0.3, 0.4) is 0 Å². The van der Waals surface area contributed by atoms with Gasteiger partial charge in [-0.1, -0.05) is 95.5 Å². The average molecular weight is 398 g/mol. The van der Waals surface area contributed by atoms with Crippen molar-refractivity contribution in [3.05, 3.63) is 77.9 Å². The highest BCUT2D eigenvalue weighted by Crippen LogP contribution is 2.29. The standard InChI is InChI=1S/C19H19Cl3N2O/c20-19(21,22)18(23-14-13-16-9-5-2-6-10-16)24-17(25)12-11-15-7-3-1-4-8-15/h1-12,18,23H,13-14H2,(H,24,25)/b12-11-. The molecule has 1 unspecified atom stereocenters. The molecule has 6 heteroatoms. The number of carbonyl (C=O) groups excluding carboxylic acids is 1. The fourth-order valence-corrected chi connectivity index (χ4v) is 2.58. The van der Waals surface area contributed by atoms with E-state index in [0.29, 0.717) is 6.54 Å². The lowest BCUT2D eigenvalue weighted by Crippen LogP contribution is -2.53. The molecule has 0 spiro atoms. The summed E-state index contributed by atoms with van der Waals surface area (Å²) in [7, 11) is 0. The molecule has 132 valence electrons. The summed E-state index contributed by atoms with van der Waals surface area (Å²) in [6.45, 7) is 0.561. The Morgan fingerprint density at radius 1 is 1.00 bits per heavy atom. The summed E-state index contributed by atoms with van der Waals surface area (Å²) in [5.41, 5.74) is 2.08. The van der Waals surface area contributed by atoms with E-state index in [1.165, 1.54) is 6.08 Å². The molecule has 2 aromatic rings. The summed E-state index contributed by atoms with van der Waals surface area (Å²) >= 11 is 17.9. The predicted octanol–water partition coefficient (Wildman–Crippen LogP) is 4.34. The summed E-state index contributed by atoms with van der Waals surface area (Å²) < 4.78 is -1.66. The lowest BCUT2D eigenvalue weighted by atomic mass is 10.1. The molecule has 2 N–H and O–H groups in total. The Morgan fingerprint density at radius 2 is 1.60 bits per heavy atom. The largest absolute Gasteiger partial charge is 0.333 e. The van der Waals surface area contributed by atoms with Crippen molar-refractivity contribution in [2.45, 2.75) is 16.4 Å². The number of hydrogen-bond acceptors (Lipinski definition) is 2. The Bertz CT molecular complexity index is 685. The second-order valence-electron chi connectivity index (χ2n) is 5.42. The first-order valence-corrected chi connectivity index (χ1v) is 8.96. The summed E-state index contributed by atoms with van der Waals surface area (Å²) in [6.07, 6.45) is 3.08. The highest BCUT2D eigenvalue weighted by Gasteiger charge is 2.33. The van der Waals surface area contributed by atoms with E-state index in [-0.39, 0.29) is 5.91 Å². The molecule has 0 aliphatic heterocycles. The fourth-order valence-electron chi connectivity index (χ4n) is 2.18.